The average molecular weight is 513 g/mol. The number of aromatic nitrogens is 1. The van der Waals surface area contributed by atoms with E-state index in [2.05, 4.69) is 4.98 Å². The van der Waals surface area contributed by atoms with E-state index in [1.807, 2.05) is 85.8 Å². The molecule has 1 atom stereocenters. The molecule has 0 aliphatic carbocycles. The van der Waals surface area contributed by atoms with Gasteiger partial charge in [0.1, 0.15) is 24.2 Å². The summed E-state index contributed by atoms with van der Waals surface area (Å²) >= 11 is 0. The van der Waals surface area contributed by atoms with Crippen LogP contribution in [0, 0.1) is 6.92 Å². The van der Waals surface area contributed by atoms with E-state index in [-0.39, 0.29) is 19.6 Å². The third-order valence-corrected chi connectivity index (χ3v) is 6.55. The molecule has 38 heavy (non-hydrogen) atoms. The van der Waals surface area contributed by atoms with Crippen molar-refractivity contribution in [3.8, 4) is 17.2 Å². The Balaban J connectivity index is 1.23. The van der Waals surface area contributed by atoms with E-state index in [9.17, 15) is 14.7 Å². The van der Waals surface area contributed by atoms with Crippen LogP contribution in [0.15, 0.2) is 83.3 Å². The van der Waals surface area contributed by atoms with Crippen LogP contribution in [0.3, 0.4) is 0 Å². The van der Waals surface area contributed by atoms with E-state index < -0.39 is 18.1 Å². The molecule has 1 unspecified atom stereocenters. The number of nitrogens with zero attached hydrogens (tertiary/aromatic N) is 2. The zero-order valence-corrected chi connectivity index (χ0v) is 21.0. The Morgan fingerprint density at radius 1 is 1.03 bits per heavy atom. The van der Waals surface area contributed by atoms with Crippen molar-refractivity contribution in [2.75, 3.05) is 6.61 Å². The van der Waals surface area contributed by atoms with Crippen molar-refractivity contribution in [1.82, 2.24) is 9.88 Å². The fourth-order valence-electron chi connectivity index (χ4n) is 4.49. The Hall–Kier alpha value is -4.59. The molecule has 1 aromatic heterocycles. The van der Waals surface area contributed by atoms with Crippen LogP contribution < -0.4 is 4.74 Å². The third-order valence-electron chi connectivity index (χ3n) is 6.55. The van der Waals surface area contributed by atoms with Crippen molar-refractivity contribution in [2.45, 2.75) is 39.0 Å². The van der Waals surface area contributed by atoms with Crippen LogP contribution >= 0.6 is 0 Å². The predicted molar refractivity (Wildman–Crippen MR) is 140 cm³/mol. The number of fused-ring (bicyclic) bond motifs is 1. The summed E-state index contributed by atoms with van der Waals surface area (Å²) < 4.78 is 17.2. The Bertz CT molecular complexity index is 1420. The summed E-state index contributed by atoms with van der Waals surface area (Å²) in [4.78, 5) is 30.6. The van der Waals surface area contributed by atoms with Gasteiger partial charge in [0.05, 0.1) is 18.8 Å². The first-order chi connectivity index (χ1) is 18.5. The van der Waals surface area contributed by atoms with E-state index in [4.69, 9.17) is 13.9 Å². The fraction of sp³-hybridized carbons (Fsp3) is 0.233. The highest BCUT2D eigenvalue weighted by Crippen LogP contribution is 2.28. The highest BCUT2D eigenvalue weighted by atomic mass is 16.6. The molecule has 2 heterocycles. The molecule has 1 aliphatic heterocycles. The predicted octanol–water partition coefficient (Wildman–Crippen LogP) is 5.42. The summed E-state index contributed by atoms with van der Waals surface area (Å²) in [6, 6.07) is 23.6. The van der Waals surface area contributed by atoms with Gasteiger partial charge in [-0.3, -0.25) is 4.90 Å². The first-order valence-corrected chi connectivity index (χ1v) is 12.4. The smallest absolute Gasteiger partial charge is 0.411 e. The zero-order chi connectivity index (χ0) is 26.5. The van der Waals surface area contributed by atoms with Crippen molar-refractivity contribution in [2.24, 2.45) is 0 Å². The summed E-state index contributed by atoms with van der Waals surface area (Å²) in [5, 5.41) is 9.76. The molecule has 0 fully saturated rings. The Labute approximate surface area is 220 Å². The standard InChI is InChI=1S/C30H28N2O6/c1-20-26(31-28(38-20)22-10-6-3-7-11-22)14-15-36-25-13-12-23-17-27(29(33)34)32(18-24(23)16-25)30(35)37-19-21-8-4-2-5-9-21/h2-13,16,27H,14-15,17-19H2,1H3,(H,33,34). The number of carboxylic acid groups (broad SMARTS) is 1. The SMILES string of the molecule is Cc1oc(-c2ccccc2)nc1CCOc1ccc2c(c1)CN(C(=O)OCc1ccccc1)C(C(=O)O)C2. The maximum absolute atomic E-state index is 12.8. The number of aliphatic carboxylic acids is 1. The van der Waals surface area contributed by atoms with Crippen molar-refractivity contribution < 1.29 is 28.6 Å². The van der Waals surface area contributed by atoms with Crippen LogP contribution in [-0.2, 0) is 35.5 Å². The van der Waals surface area contributed by atoms with Gasteiger partial charge in [-0.05, 0) is 47.9 Å². The number of aryl methyl sites for hydroxylation is 1. The number of benzene rings is 3. The number of rotatable bonds is 8. The Kier molecular flexibility index (Phi) is 7.40. The van der Waals surface area contributed by atoms with Gasteiger partial charge in [0.25, 0.3) is 0 Å². The molecule has 5 rings (SSSR count). The fourth-order valence-corrected chi connectivity index (χ4v) is 4.49. The number of amides is 1. The molecule has 1 N–H and O–H groups in total. The highest BCUT2D eigenvalue weighted by Gasteiger charge is 2.35. The normalized spacial score (nSPS) is 14.6. The van der Waals surface area contributed by atoms with Crippen molar-refractivity contribution >= 4 is 12.1 Å². The van der Waals surface area contributed by atoms with Crippen LogP contribution in [0.25, 0.3) is 11.5 Å². The van der Waals surface area contributed by atoms with Crippen molar-refractivity contribution in [3.05, 3.63) is 107 Å². The molecule has 8 heteroatoms. The van der Waals surface area contributed by atoms with Gasteiger partial charge in [0.2, 0.25) is 5.89 Å². The number of carboxylic acids is 1. The van der Waals surface area contributed by atoms with Gasteiger partial charge >= 0.3 is 12.1 Å². The largest absolute Gasteiger partial charge is 0.493 e. The van der Waals surface area contributed by atoms with Crippen LogP contribution in [0.4, 0.5) is 4.79 Å². The maximum atomic E-state index is 12.8. The minimum atomic E-state index is -1.06. The Morgan fingerprint density at radius 3 is 2.50 bits per heavy atom. The van der Waals surface area contributed by atoms with E-state index in [1.54, 1.807) is 0 Å². The minimum absolute atomic E-state index is 0.0754. The molecule has 1 aliphatic rings. The first kappa shape index (κ1) is 25.1. The number of oxazole rings is 1. The molecule has 0 spiro atoms. The van der Waals surface area contributed by atoms with Gasteiger partial charge in [-0.1, -0.05) is 54.6 Å². The van der Waals surface area contributed by atoms with E-state index in [0.717, 1.165) is 33.7 Å². The molecular formula is C30H28N2O6. The second-order valence-electron chi connectivity index (χ2n) is 9.14. The quantitative estimate of drug-likeness (QED) is 0.336. The molecule has 3 aromatic carbocycles. The summed E-state index contributed by atoms with van der Waals surface area (Å²) in [5.41, 5.74) is 4.29. The lowest BCUT2D eigenvalue weighted by Gasteiger charge is -2.33. The highest BCUT2D eigenvalue weighted by molar-refractivity contribution is 5.81. The zero-order valence-electron chi connectivity index (χ0n) is 21.0. The third kappa shape index (κ3) is 5.70. The molecule has 0 bridgehead atoms. The molecule has 1 amide bonds. The van der Waals surface area contributed by atoms with Crippen LogP contribution in [0.5, 0.6) is 5.75 Å². The molecule has 0 saturated carbocycles. The molecule has 194 valence electrons. The van der Waals surface area contributed by atoms with Crippen LogP contribution in [0.2, 0.25) is 0 Å². The summed E-state index contributed by atoms with van der Waals surface area (Å²) in [5.74, 6) is 0.909. The Morgan fingerprint density at radius 2 is 1.76 bits per heavy atom. The number of hydrogen-bond donors (Lipinski definition) is 1. The van der Waals surface area contributed by atoms with E-state index in [0.29, 0.717) is 24.7 Å². The lowest BCUT2D eigenvalue weighted by molar-refractivity contribution is -0.143. The maximum Gasteiger partial charge on any atom is 0.411 e. The summed E-state index contributed by atoms with van der Waals surface area (Å²) in [7, 11) is 0. The van der Waals surface area contributed by atoms with Gasteiger partial charge in [-0.15, -0.1) is 0 Å². The topological polar surface area (TPSA) is 102 Å². The van der Waals surface area contributed by atoms with Gasteiger partial charge in [-0.2, -0.15) is 0 Å². The lowest BCUT2D eigenvalue weighted by atomic mass is 9.94. The van der Waals surface area contributed by atoms with Gasteiger partial charge < -0.3 is 19.0 Å². The van der Waals surface area contributed by atoms with Crippen molar-refractivity contribution in [3.63, 3.8) is 0 Å². The van der Waals surface area contributed by atoms with Gasteiger partial charge in [-0.25, -0.2) is 14.6 Å². The van der Waals surface area contributed by atoms with Crippen molar-refractivity contribution in [1.29, 1.82) is 0 Å². The molecule has 0 saturated heterocycles. The minimum Gasteiger partial charge on any atom is -0.493 e. The van der Waals surface area contributed by atoms with E-state index in [1.165, 1.54) is 4.90 Å². The van der Waals surface area contributed by atoms with E-state index >= 15 is 0 Å². The van der Waals surface area contributed by atoms with Crippen LogP contribution in [0.1, 0.15) is 28.1 Å². The molecule has 4 aromatic rings. The summed E-state index contributed by atoms with van der Waals surface area (Å²) in [6.07, 6.45) is 0.110. The average Bonchev–Trinajstić information content (AvgIpc) is 3.32. The lowest BCUT2D eigenvalue weighted by Crippen LogP contribution is -2.48. The van der Waals surface area contributed by atoms with Gasteiger partial charge in [0.15, 0.2) is 0 Å². The number of hydrogen-bond acceptors (Lipinski definition) is 6. The monoisotopic (exact) mass is 512 g/mol. The molecule has 8 nitrogen and oxygen atoms in total. The second-order valence-corrected chi connectivity index (χ2v) is 9.14. The summed E-state index contributed by atoms with van der Waals surface area (Å²) in [6.45, 7) is 2.48. The van der Waals surface area contributed by atoms with Gasteiger partial charge in [0, 0.05) is 18.4 Å². The molecule has 0 radical (unpaired) electrons. The van der Waals surface area contributed by atoms with Crippen LogP contribution in [-0.4, -0.2) is 39.7 Å². The number of carbonyl (C=O) groups is 2. The first-order valence-electron chi connectivity index (χ1n) is 12.4. The molecular weight excluding hydrogens is 484 g/mol. The second kappa shape index (κ2) is 11.2. The number of ether oxygens (including phenoxy) is 2. The number of carbonyl (C=O) groups excluding carboxylic acids is 1.